The molecule has 0 aliphatic carbocycles. The number of phenolic OH excluding ortho intramolecular Hbond substituents is 1. The van der Waals surface area contributed by atoms with E-state index in [0.29, 0.717) is 28.1 Å². The SMILES string of the molecule is CC(=O)N[C@H]1CC(=O)N[C@H](C(=O)N[C@@H](CO)C(=O)N[C@@H](Cc2ccc(O)cc2)C(=O)N[C@H](Cc2ccc3ccccc3c2)C(=O)N[C@H](CC(C)C)C(=O)N[C@@H](CCCN=C(N)N)C(=O)N2CCC[C@H]2C(=O)N[C@H](C)C(N)=O)CCCNC(=O)[C@@H](Cc2ccc(Cl)cc2)NC1=O. The third-order valence-corrected chi connectivity index (χ3v) is 16.2. The van der Waals surface area contributed by atoms with Gasteiger partial charge in [0.05, 0.1) is 13.0 Å². The van der Waals surface area contributed by atoms with Gasteiger partial charge < -0.3 is 85.5 Å². The number of primary amides is 1. The quantitative estimate of drug-likeness (QED) is 0.0175. The summed E-state index contributed by atoms with van der Waals surface area (Å²) in [5.41, 5.74) is 18.1. The number of fused-ring (bicyclic) bond motifs is 1. The zero-order valence-electron chi connectivity index (χ0n) is 53.4. The zero-order valence-corrected chi connectivity index (χ0v) is 54.2. The highest BCUT2D eigenvalue weighted by Crippen LogP contribution is 2.22. The van der Waals surface area contributed by atoms with E-state index >= 15 is 4.79 Å². The van der Waals surface area contributed by atoms with Crippen LogP contribution in [0.4, 0.5) is 0 Å². The summed E-state index contributed by atoms with van der Waals surface area (Å²) in [5.74, 6) is -10.4. The van der Waals surface area contributed by atoms with Crippen LogP contribution in [0.25, 0.3) is 10.8 Å². The molecule has 512 valence electrons. The van der Waals surface area contributed by atoms with E-state index in [4.69, 9.17) is 28.8 Å². The Morgan fingerprint density at radius 2 is 1.27 bits per heavy atom. The molecule has 0 aromatic heterocycles. The Morgan fingerprint density at radius 3 is 1.91 bits per heavy atom. The van der Waals surface area contributed by atoms with Crippen LogP contribution in [0, 0.1) is 5.92 Å². The number of carbonyl (C=O) groups is 12. The number of hydrogen-bond acceptors (Lipinski definition) is 15. The van der Waals surface area contributed by atoms with E-state index < -0.39 is 144 Å². The lowest BCUT2D eigenvalue weighted by Gasteiger charge is -2.31. The highest BCUT2D eigenvalue weighted by molar-refractivity contribution is 6.30. The number of hydrogen-bond donors (Lipinski definition) is 15. The third-order valence-electron chi connectivity index (χ3n) is 15.9. The van der Waals surface area contributed by atoms with Gasteiger partial charge in [-0.2, -0.15) is 0 Å². The van der Waals surface area contributed by atoms with Crippen molar-refractivity contribution in [3.05, 3.63) is 113 Å². The molecular formula is C65H86ClN15O14. The molecule has 2 fully saturated rings. The number of nitrogens with zero attached hydrogens (tertiary/aromatic N) is 2. The van der Waals surface area contributed by atoms with Gasteiger partial charge in [0, 0.05) is 50.8 Å². The fourth-order valence-corrected chi connectivity index (χ4v) is 11.1. The van der Waals surface area contributed by atoms with Crippen molar-refractivity contribution in [3.8, 4) is 5.75 Å². The maximum absolute atomic E-state index is 15.0. The molecule has 2 aliphatic heterocycles. The molecule has 4 aromatic carbocycles. The van der Waals surface area contributed by atoms with Crippen LogP contribution in [0.15, 0.2) is 96.0 Å². The molecule has 6 rings (SSSR count). The van der Waals surface area contributed by atoms with E-state index in [2.05, 4.69) is 58.2 Å². The molecule has 29 nitrogen and oxygen atoms in total. The fourth-order valence-electron chi connectivity index (χ4n) is 10.9. The van der Waals surface area contributed by atoms with Gasteiger partial charge in [-0.25, -0.2) is 0 Å². The number of aromatic hydroxyl groups is 1. The third kappa shape index (κ3) is 23.3. The van der Waals surface area contributed by atoms with Gasteiger partial charge in [-0.05, 0) is 110 Å². The molecule has 0 radical (unpaired) electrons. The van der Waals surface area contributed by atoms with Crippen molar-refractivity contribution in [2.45, 2.75) is 159 Å². The Balaban J connectivity index is 1.26. The number of benzene rings is 4. The highest BCUT2D eigenvalue weighted by Gasteiger charge is 2.40. The number of carbonyl (C=O) groups excluding carboxylic acids is 12. The number of amides is 12. The Bertz CT molecular complexity index is 3440. The average molecular weight is 1340 g/mol. The summed E-state index contributed by atoms with van der Waals surface area (Å²) in [4.78, 5) is 172. The summed E-state index contributed by atoms with van der Waals surface area (Å²) in [6.07, 6.45) is -0.418. The predicted octanol–water partition coefficient (Wildman–Crippen LogP) is -1.50. The van der Waals surface area contributed by atoms with Crippen LogP contribution in [-0.2, 0) is 76.8 Å². The molecular weight excluding hydrogens is 1250 g/mol. The lowest BCUT2D eigenvalue weighted by atomic mass is 9.98. The largest absolute Gasteiger partial charge is 0.508 e. The molecule has 2 heterocycles. The number of phenols is 1. The van der Waals surface area contributed by atoms with E-state index in [9.17, 15) is 63.0 Å². The topological polar surface area (TPSA) is 459 Å². The summed E-state index contributed by atoms with van der Waals surface area (Å²) < 4.78 is 0. The molecule has 2 aliphatic rings. The normalized spacial score (nSPS) is 18.7. The number of nitrogens with one attached hydrogen (secondary N) is 10. The van der Waals surface area contributed by atoms with Gasteiger partial charge in [-0.1, -0.05) is 92.2 Å². The Hall–Kier alpha value is -9.90. The lowest BCUT2D eigenvalue weighted by Crippen LogP contribution is -2.61. The second-order valence-corrected chi connectivity index (χ2v) is 24.5. The van der Waals surface area contributed by atoms with Gasteiger partial charge in [0.15, 0.2) is 5.96 Å². The molecule has 30 heteroatoms. The summed E-state index contributed by atoms with van der Waals surface area (Å²) in [6, 6.07) is 11.2. The van der Waals surface area contributed by atoms with Crippen LogP contribution in [0.1, 0.15) is 95.8 Å². The fraction of sp³-hybridized carbons (Fsp3) is 0.462. The number of aliphatic imine (C=N–C) groups is 1. The minimum absolute atomic E-state index is 0.00774. The summed E-state index contributed by atoms with van der Waals surface area (Å²) in [6.45, 7) is 5.20. The minimum atomic E-state index is -1.81. The van der Waals surface area contributed by atoms with Crippen LogP contribution in [0.5, 0.6) is 5.75 Å². The summed E-state index contributed by atoms with van der Waals surface area (Å²) in [5, 5.41) is 49.2. The first-order valence-electron chi connectivity index (χ1n) is 31.4. The van der Waals surface area contributed by atoms with Crippen LogP contribution < -0.4 is 70.4 Å². The van der Waals surface area contributed by atoms with Crippen molar-refractivity contribution >= 4 is 99.2 Å². The molecule has 18 N–H and O–H groups in total. The van der Waals surface area contributed by atoms with Crippen LogP contribution in [-0.4, -0.2) is 179 Å². The molecule has 95 heavy (non-hydrogen) atoms. The van der Waals surface area contributed by atoms with Crippen LogP contribution in [0.2, 0.25) is 5.02 Å². The van der Waals surface area contributed by atoms with Gasteiger partial charge >= 0.3 is 0 Å². The van der Waals surface area contributed by atoms with Gasteiger partial charge in [0.25, 0.3) is 0 Å². The second-order valence-electron chi connectivity index (χ2n) is 24.0. The number of aliphatic hydroxyl groups is 1. The van der Waals surface area contributed by atoms with Crippen molar-refractivity contribution in [1.29, 1.82) is 0 Å². The Labute approximate surface area is 554 Å². The van der Waals surface area contributed by atoms with Crippen LogP contribution in [0.3, 0.4) is 0 Å². The molecule has 0 unspecified atom stereocenters. The molecule has 0 saturated carbocycles. The number of rotatable bonds is 28. The standard InChI is InChI=1S/C65H86ClN15O14/c1-35(2)28-47(58(89)75-46(13-8-26-71-65(68)69)64(95)81-27-9-14-53(81)63(94)72-36(3)55(67)86)76-60(91)50(32-40-15-20-41-10-5-6-11-42(41)29-40)78-59(90)49(31-39-18-23-44(84)24-19-39)79-62(93)52(34-82)80-57(88)45-12-7-25-70-56(87)48(30-38-16-21-43(66)22-17-38)77-61(92)51(73-37(4)83)33-54(85)74-45/h5-6,10-11,15-24,29,35-36,45-53,82,84H,7-9,12-14,25-28,30-34H2,1-4H3,(H2,67,86)(H,70,87)(H,72,94)(H,73,83)(H,74,85)(H,75,89)(H,76,91)(H,77,92)(H,78,90)(H,79,93)(H,80,88)(H4,68,69,71)/t36-,45+,46+,47-,48-,49+,50-,51+,52+,53+/m1/s1. The minimum Gasteiger partial charge on any atom is -0.508 e. The maximum atomic E-state index is 15.0. The van der Waals surface area contributed by atoms with Gasteiger partial charge in [-0.15, -0.1) is 0 Å². The smallest absolute Gasteiger partial charge is 0.245 e. The average Bonchev–Trinajstić information content (AvgIpc) is 1.86. The Morgan fingerprint density at radius 1 is 0.674 bits per heavy atom. The zero-order chi connectivity index (χ0) is 69.5. The first-order valence-corrected chi connectivity index (χ1v) is 31.8. The number of aliphatic hydroxyl groups excluding tert-OH is 1. The van der Waals surface area contributed by atoms with Gasteiger partial charge in [-0.3, -0.25) is 62.5 Å². The summed E-state index contributed by atoms with van der Waals surface area (Å²) >= 11 is 6.06. The van der Waals surface area contributed by atoms with Crippen molar-refractivity contribution in [2.24, 2.45) is 28.1 Å². The first kappa shape index (κ1) is 74.1. The molecule has 0 spiro atoms. The van der Waals surface area contributed by atoms with E-state index in [0.717, 1.165) is 17.7 Å². The van der Waals surface area contributed by atoms with Crippen LogP contribution >= 0.6 is 11.6 Å². The maximum Gasteiger partial charge on any atom is 0.245 e. The Kier molecular flexibility index (Phi) is 28.1. The van der Waals surface area contributed by atoms with Gasteiger partial charge in [0.1, 0.15) is 66.2 Å². The number of guanidine groups is 1. The molecule has 2 saturated heterocycles. The highest BCUT2D eigenvalue weighted by atomic mass is 35.5. The van der Waals surface area contributed by atoms with E-state index in [1.807, 2.05) is 36.4 Å². The summed E-state index contributed by atoms with van der Waals surface area (Å²) in [7, 11) is 0. The monoisotopic (exact) mass is 1340 g/mol. The van der Waals surface area contributed by atoms with Crippen molar-refractivity contribution in [2.75, 3.05) is 26.2 Å². The van der Waals surface area contributed by atoms with Gasteiger partial charge in [0.2, 0.25) is 70.9 Å². The van der Waals surface area contributed by atoms with E-state index in [1.165, 1.54) is 36.1 Å². The lowest BCUT2D eigenvalue weighted by molar-refractivity contribution is -0.142. The number of likely N-dealkylation sites (tertiary alicyclic amines) is 1. The first-order chi connectivity index (χ1) is 45.2. The van der Waals surface area contributed by atoms with Crippen molar-refractivity contribution in [1.82, 2.24) is 58.1 Å². The van der Waals surface area contributed by atoms with Crippen molar-refractivity contribution in [3.63, 3.8) is 0 Å². The molecule has 0 bridgehead atoms. The van der Waals surface area contributed by atoms with E-state index in [1.54, 1.807) is 44.2 Å². The molecule has 4 aromatic rings. The second kappa shape index (κ2) is 36.0. The number of nitrogens with two attached hydrogens (primary N) is 3. The molecule has 10 atom stereocenters. The molecule has 12 amide bonds. The van der Waals surface area contributed by atoms with E-state index in [-0.39, 0.29) is 95.0 Å². The van der Waals surface area contributed by atoms with Crippen molar-refractivity contribution < 1.29 is 67.7 Å². The predicted molar refractivity (Wildman–Crippen MR) is 351 cm³/mol. The number of halogens is 1.